The van der Waals surface area contributed by atoms with Crippen molar-refractivity contribution in [3.63, 3.8) is 0 Å². The van der Waals surface area contributed by atoms with Crippen molar-refractivity contribution in [2.75, 3.05) is 27.9 Å². The summed E-state index contributed by atoms with van der Waals surface area (Å²) in [5.41, 5.74) is 0.750. The smallest absolute Gasteiger partial charge is 0.246 e. The summed E-state index contributed by atoms with van der Waals surface area (Å²) in [7, 11) is 0.0442. The van der Waals surface area contributed by atoms with Crippen LogP contribution in [0.2, 0.25) is 0 Å². The summed E-state index contributed by atoms with van der Waals surface area (Å²) in [5.74, 6) is 0.0638. The molecule has 0 N–H and O–H groups in total. The SMILES string of the molecule is CCOc1ccc(CN(C)S(=O)(=O)c2cc(OC)c(OC)cc2F)cc1. The largest absolute Gasteiger partial charge is 0.494 e. The topological polar surface area (TPSA) is 65.1 Å². The van der Waals surface area contributed by atoms with E-state index in [1.165, 1.54) is 21.3 Å². The number of rotatable bonds is 8. The van der Waals surface area contributed by atoms with Gasteiger partial charge in [0.1, 0.15) is 16.5 Å². The Morgan fingerprint density at radius 3 is 2.15 bits per heavy atom. The van der Waals surface area contributed by atoms with Gasteiger partial charge in [-0.05, 0) is 24.6 Å². The van der Waals surface area contributed by atoms with Crippen molar-refractivity contribution in [2.45, 2.75) is 18.4 Å². The van der Waals surface area contributed by atoms with Gasteiger partial charge in [0.05, 0.1) is 20.8 Å². The number of hydrogen-bond acceptors (Lipinski definition) is 5. The molecule has 0 aromatic heterocycles. The van der Waals surface area contributed by atoms with Gasteiger partial charge in [-0.3, -0.25) is 0 Å². The molecule has 0 unspecified atom stereocenters. The Morgan fingerprint density at radius 1 is 1.04 bits per heavy atom. The van der Waals surface area contributed by atoms with Crippen molar-refractivity contribution in [3.8, 4) is 17.2 Å². The highest BCUT2D eigenvalue weighted by atomic mass is 32.2. The van der Waals surface area contributed by atoms with E-state index in [4.69, 9.17) is 14.2 Å². The molecule has 2 aromatic rings. The molecule has 0 aliphatic heterocycles. The van der Waals surface area contributed by atoms with Crippen LogP contribution in [0.4, 0.5) is 4.39 Å². The fourth-order valence-electron chi connectivity index (χ4n) is 2.40. The summed E-state index contributed by atoms with van der Waals surface area (Å²) >= 11 is 0. The van der Waals surface area contributed by atoms with E-state index in [1.807, 2.05) is 6.92 Å². The number of hydrogen-bond donors (Lipinski definition) is 0. The molecule has 2 aromatic carbocycles. The van der Waals surface area contributed by atoms with Crippen LogP contribution < -0.4 is 14.2 Å². The number of halogens is 1. The highest BCUT2D eigenvalue weighted by molar-refractivity contribution is 7.89. The van der Waals surface area contributed by atoms with Gasteiger partial charge in [0.2, 0.25) is 10.0 Å². The van der Waals surface area contributed by atoms with Crippen LogP contribution in [0, 0.1) is 5.82 Å². The van der Waals surface area contributed by atoms with Crippen molar-refractivity contribution in [1.82, 2.24) is 4.31 Å². The Bertz CT molecular complexity index is 853. The Kier molecular flexibility index (Phi) is 6.44. The number of methoxy groups -OCH3 is 2. The maximum Gasteiger partial charge on any atom is 0.246 e. The van der Waals surface area contributed by atoms with Gasteiger partial charge in [0, 0.05) is 25.7 Å². The van der Waals surface area contributed by atoms with Crippen molar-refractivity contribution >= 4 is 10.0 Å². The first kappa shape index (κ1) is 20.0. The highest BCUT2D eigenvalue weighted by Crippen LogP contribution is 2.33. The summed E-state index contributed by atoms with van der Waals surface area (Å²) in [6.07, 6.45) is 0. The molecule has 0 spiro atoms. The van der Waals surface area contributed by atoms with Gasteiger partial charge in [-0.2, -0.15) is 4.31 Å². The molecule has 0 radical (unpaired) electrons. The van der Waals surface area contributed by atoms with E-state index in [9.17, 15) is 12.8 Å². The number of nitrogens with zero attached hydrogens (tertiary/aromatic N) is 1. The summed E-state index contributed by atoms with van der Waals surface area (Å²) in [6, 6.07) is 9.17. The molecule has 0 bridgehead atoms. The van der Waals surface area contributed by atoms with Gasteiger partial charge in [0.15, 0.2) is 11.5 Å². The second kappa shape index (κ2) is 8.37. The van der Waals surface area contributed by atoms with Gasteiger partial charge >= 0.3 is 0 Å². The standard InChI is InChI=1S/C18H22FNO5S/c1-5-25-14-8-6-13(7-9-14)12-20(2)26(21,22)18-11-17(24-4)16(23-3)10-15(18)19/h6-11H,5,12H2,1-4H3. The molecule has 26 heavy (non-hydrogen) atoms. The number of ether oxygens (including phenoxy) is 3. The molecule has 0 aliphatic carbocycles. The van der Waals surface area contributed by atoms with Gasteiger partial charge < -0.3 is 14.2 Å². The third kappa shape index (κ3) is 4.25. The average Bonchev–Trinajstić information content (AvgIpc) is 2.63. The lowest BCUT2D eigenvalue weighted by atomic mass is 10.2. The fraction of sp³-hybridized carbons (Fsp3) is 0.333. The zero-order valence-electron chi connectivity index (χ0n) is 15.2. The molecular formula is C18H22FNO5S. The van der Waals surface area contributed by atoms with E-state index in [-0.39, 0.29) is 18.0 Å². The van der Waals surface area contributed by atoms with Crippen LogP contribution in [0.3, 0.4) is 0 Å². The van der Waals surface area contributed by atoms with Crippen LogP contribution in [0.1, 0.15) is 12.5 Å². The van der Waals surface area contributed by atoms with E-state index in [0.29, 0.717) is 12.4 Å². The van der Waals surface area contributed by atoms with E-state index >= 15 is 0 Å². The predicted octanol–water partition coefficient (Wildman–Crippen LogP) is 3.06. The van der Waals surface area contributed by atoms with E-state index < -0.39 is 20.7 Å². The van der Waals surface area contributed by atoms with Crippen molar-refractivity contribution in [1.29, 1.82) is 0 Å². The first-order chi connectivity index (χ1) is 12.3. The monoisotopic (exact) mass is 383 g/mol. The van der Waals surface area contributed by atoms with Crippen LogP contribution in [-0.2, 0) is 16.6 Å². The molecular weight excluding hydrogens is 361 g/mol. The van der Waals surface area contributed by atoms with Gasteiger partial charge in [-0.15, -0.1) is 0 Å². The summed E-state index contributed by atoms with van der Waals surface area (Å²) in [5, 5.41) is 0. The maximum atomic E-state index is 14.3. The summed E-state index contributed by atoms with van der Waals surface area (Å²) < 4.78 is 56.3. The van der Waals surface area contributed by atoms with Crippen molar-refractivity contribution in [3.05, 3.63) is 47.8 Å². The zero-order chi connectivity index (χ0) is 19.3. The van der Waals surface area contributed by atoms with Crippen molar-refractivity contribution in [2.24, 2.45) is 0 Å². The minimum atomic E-state index is -4.05. The van der Waals surface area contributed by atoms with E-state index in [0.717, 1.165) is 22.0 Å². The van der Waals surface area contributed by atoms with Crippen molar-refractivity contribution < 1.29 is 27.0 Å². The van der Waals surface area contributed by atoms with Crippen LogP contribution in [-0.4, -0.2) is 40.6 Å². The first-order valence-electron chi connectivity index (χ1n) is 7.93. The molecule has 8 heteroatoms. The Hall–Kier alpha value is -2.32. The average molecular weight is 383 g/mol. The second-order valence-corrected chi connectivity index (χ2v) is 7.49. The molecule has 0 amide bonds. The molecule has 0 saturated heterocycles. The summed E-state index contributed by atoms with van der Waals surface area (Å²) in [4.78, 5) is -0.469. The lowest BCUT2D eigenvalue weighted by Gasteiger charge is -2.19. The minimum Gasteiger partial charge on any atom is -0.494 e. The molecule has 142 valence electrons. The van der Waals surface area contributed by atoms with Crippen LogP contribution in [0.15, 0.2) is 41.3 Å². The maximum absolute atomic E-state index is 14.3. The normalized spacial score (nSPS) is 11.5. The summed E-state index contributed by atoms with van der Waals surface area (Å²) in [6.45, 7) is 2.51. The van der Waals surface area contributed by atoms with Crippen LogP contribution in [0.5, 0.6) is 17.2 Å². The Morgan fingerprint density at radius 2 is 1.62 bits per heavy atom. The molecule has 0 heterocycles. The minimum absolute atomic E-state index is 0.0858. The lowest BCUT2D eigenvalue weighted by molar-refractivity contribution is 0.340. The Labute approximate surface area is 153 Å². The third-order valence-corrected chi connectivity index (χ3v) is 5.58. The quantitative estimate of drug-likeness (QED) is 0.701. The molecule has 0 saturated carbocycles. The van der Waals surface area contributed by atoms with E-state index in [1.54, 1.807) is 24.3 Å². The molecule has 0 atom stereocenters. The molecule has 6 nitrogen and oxygen atoms in total. The first-order valence-corrected chi connectivity index (χ1v) is 9.37. The molecule has 0 aliphatic rings. The van der Waals surface area contributed by atoms with Crippen LogP contribution in [0.25, 0.3) is 0 Å². The zero-order valence-corrected chi connectivity index (χ0v) is 16.0. The molecule has 2 rings (SSSR count). The third-order valence-electron chi connectivity index (χ3n) is 3.77. The van der Waals surface area contributed by atoms with E-state index in [2.05, 4.69) is 0 Å². The Balaban J connectivity index is 2.28. The molecule has 0 fully saturated rings. The number of sulfonamides is 1. The fourth-order valence-corrected chi connectivity index (χ4v) is 3.62. The highest BCUT2D eigenvalue weighted by Gasteiger charge is 2.27. The lowest BCUT2D eigenvalue weighted by Crippen LogP contribution is -2.27. The number of benzene rings is 2. The van der Waals surface area contributed by atoms with Gasteiger partial charge in [0.25, 0.3) is 0 Å². The van der Waals surface area contributed by atoms with Gasteiger partial charge in [-0.25, -0.2) is 12.8 Å². The predicted molar refractivity (Wildman–Crippen MR) is 95.8 cm³/mol. The van der Waals surface area contributed by atoms with Gasteiger partial charge in [-0.1, -0.05) is 12.1 Å². The second-order valence-electron chi connectivity index (χ2n) is 5.48. The van der Waals surface area contributed by atoms with Crippen LogP contribution >= 0.6 is 0 Å².